The first-order valence-electron chi connectivity index (χ1n) is 5.52. The summed E-state index contributed by atoms with van der Waals surface area (Å²) in [4.78, 5) is 0. The molecule has 0 spiro atoms. The first-order valence-corrected chi connectivity index (χ1v) is 9.19. The lowest BCUT2D eigenvalue weighted by Crippen LogP contribution is -2.56. The second kappa shape index (κ2) is 5.21. The van der Waals surface area contributed by atoms with E-state index in [1.165, 1.54) is 4.31 Å². The van der Waals surface area contributed by atoms with Crippen molar-refractivity contribution in [1.82, 2.24) is 9.62 Å². The third kappa shape index (κ3) is 4.90. The van der Waals surface area contributed by atoms with Crippen LogP contribution in [0.4, 0.5) is 0 Å². The van der Waals surface area contributed by atoms with Gasteiger partial charge in [-0.2, -0.15) is 4.31 Å². The normalized spacial score (nSPS) is 28.2. The number of rotatable bonds is 4. The third-order valence-electron chi connectivity index (χ3n) is 2.63. The van der Waals surface area contributed by atoms with Crippen LogP contribution in [-0.2, 0) is 19.9 Å². The molecular weight excluding hydrogens is 264 g/mol. The van der Waals surface area contributed by atoms with Gasteiger partial charge in [0.1, 0.15) is 9.84 Å². The zero-order valence-electron chi connectivity index (χ0n) is 10.4. The number of nitrogens with zero attached hydrogens (tertiary/aromatic N) is 1. The smallest absolute Gasteiger partial charge is 0.215 e. The Morgan fingerprint density at radius 2 is 1.53 bits per heavy atom. The Balaban J connectivity index is 2.70. The molecule has 0 aromatic heterocycles. The van der Waals surface area contributed by atoms with Gasteiger partial charge in [0, 0.05) is 31.4 Å². The average Bonchev–Trinajstić information content (AvgIpc) is 2.12. The Labute approximate surface area is 103 Å². The van der Waals surface area contributed by atoms with E-state index in [2.05, 4.69) is 5.32 Å². The summed E-state index contributed by atoms with van der Waals surface area (Å²) >= 11 is 0. The van der Waals surface area contributed by atoms with Crippen LogP contribution in [0, 0.1) is 0 Å². The zero-order chi connectivity index (χ0) is 13.3. The van der Waals surface area contributed by atoms with Gasteiger partial charge in [-0.1, -0.05) is 0 Å². The molecule has 1 saturated heterocycles. The van der Waals surface area contributed by atoms with Crippen molar-refractivity contribution in [3.05, 3.63) is 0 Å². The summed E-state index contributed by atoms with van der Waals surface area (Å²) in [6.07, 6.45) is 1.05. The maximum atomic E-state index is 12.0. The van der Waals surface area contributed by atoms with E-state index >= 15 is 0 Å². The molecule has 6 nitrogen and oxygen atoms in total. The number of sulfonamides is 1. The highest BCUT2D eigenvalue weighted by Crippen LogP contribution is 2.10. The Morgan fingerprint density at radius 3 is 1.94 bits per heavy atom. The van der Waals surface area contributed by atoms with E-state index in [-0.39, 0.29) is 23.6 Å². The average molecular weight is 284 g/mol. The summed E-state index contributed by atoms with van der Waals surface area (Å²) in [5.41, 5.74) is 0. The third-order valence-corrected chi connectivity index (χ3v) is 5.64. The minimum absolute atomic E-state index is 0.0896. The van der Waals surface area contributed by atoms with E-state index in [0.717, 1.165) is 6.26 Å². The molecule has 1 aliphatic rings. The highest BCUT2D eigenvalue weighted by Gasteiger charge is 2.30. The Bertz CT molecular complexity index is 447. The SMILES string of the molecule is C[C@@H]1CN(S(=O)(=O)CCS(C)(=O)=O)C[C@@H](C)N1. The van der Waals surface area contributed by atoms with Gasteiger partial charge in [0.05, 0.1) is 11.5 Å². The quantitative estimate of drug-likeness (QED) is 0.719. The standard InChI is InChI=1S/C9H20N2O4S2/c1-8-6-11(7-9(2)10-8)17(14,15)5-4-16(3,12)13/h8-10H,4-7H2,1-3H3/t8-,9-/m1/s1. The van der Waals surface area contributed by atoms with Gasteiger partial charge < -0.3 is 5.32 Å². The second-order valence-corrected chi connectivity index (χ2v) is 9.08. The topological polar surface area (TPSA) is 83.6 Å². The van der Waals surface area contributed by atoms with Gasteiger partial charge in [0.2, 0.25) is 10.0 Å². The monoisotopic (exact) mass is 284 g/mol. The summed E-state index contributed by atoms with van der Waals surface area (Å²) in [6.45, 7) is 4.62. The molecule has 1 fully saturated rings. The van der Waals surface area contributed by atoms with Crippen LogP contribution >= 0.6 is 0 Å². The van der Waals surface area contributed by atoms with Crippen molar-refractivity contribution in [2.45, 2.75) is 25.9 Å². The van der Waals surface area contributed by atoms with Crippen LogP contribution in [-0.4, -0.2) is 64.1 Å². The number of nitrogens with one attached hydrogen (secondary N) is 1. The van der Waals surface area contributed by atoms with Crippen LogP contribution in [0.2, 0.25) is 0 Å². The molecule has 102 valence electrons. The molecule has 17 heavy (non-hydrogen) atoms. The molecular formula is C9H20N2O4S2. The van der Waals surface area contributed by atoms with Crippen molar-refractivity contribution in [3.8, 4) is 0 Å². The highest BCUT2D eigenvalue weighted by atomic mass is 32.2. The zero-order valence-corrected chi connectivity index (χ0v) is 12.0. The van der Waals surface area contributed by atoms with Gasteiger partial charge in [-0.05, 0) is 13.8 Å². The minimum atomic E-state index is -3.47. The fourth-order valence-electron chi connectivity index (χ4n) is 1.89. The van der Waals surface area contributed by atoms with Crippen molar-refractivity contribution in [1.29, 1.82) is 0 Å². The first kappa shape index (κ1) is 14.9. The van der Waals surface area contributed by atoms with E-state index in [4.69, 9.17) is 0 Å². The lowest BCUT2D eigenvalue weighted by Gasteiger charge is -2.35. The molecule has 0 unspecified atom stereocenters. The lowest BCUT2D eigenvalue weighted by molar-refractivity contribution is 0.263. The largest absolute Gasteiger partial charge is 0.309 e. The predicted molar refractivity (Wildman–Crippen MR) is 67.1 cm³/mol. The van der Waals surface area contributed by atoms with Gasteiger partial charge in [-0.3, -0.25) is 0 Å². The molecule has 0 aromatic rings. The summed E-state index contributed by atoms with van der Waals surface area (Å²) in [7, 11) is -6.71. The second-order valence-electron chi connectivity index (χ2n) is 4.73. The Hall–Kier alpha value is -0.180. The van der Waals surface area contributed by atoms with E-state index in [9.17, 15) is 16.8 Å². The minimum Gasteiger partial charge on any atom is -0.309 e. The molecule has 1 rings (SSSR count). The van der Waals surface area contributed by atoms with E-state index in [1.807, 2.05) is 13.8 Å². The van der Waals surface area contributed by atoms with Gasteiger partial charge in [0.25, 0.3) is 0 Å². The maximum Gasteiger partial charge on any atom is 0.215 e. The summed E-state index contributed by atoms with van der Waals surface area (Å²) < 4.78 is 47.3. The van der Waals surface area contributed by atoms with Crippen molar-refractivity contribution in [3.63, 3.8) is 0 Å². The number of hydrogen-bond donors (Lipinski definition) is 1. The van der Waals surface area contributed by atoms with E-state index < -0.39 is 19.9 Å². The Morgan fingerprint density at radius 1 is 1.06 bits per heavy atom. The van der Waals surface area contributed by atoms with Crippen LogP contribution in [0.1, 0.15) is 13.8 Å². The molecule has 1 heterocycles. The summed E-state index contributed by atoms with van der Waals surface area (Å²) in [5.74, 6) is -0.646. The Kier molecular flexibility index (Phi) is 4.56. The van der Waals surface area contributed by atoms with Crippen molar-refractivity contribution in [2.24, 2.45) is 0 Å². The van der Waals surface area contributed by atoms with E-state index in [0.29, 0.717) is 13.1 Å². The predicted octanol–water partition coefficient (Wildman–Crippen LogP) is -0.957. The van der Waals surface area contributed by atoms with Crippen LogP contribution in [0.25, 0.3) is 0 Å². The lowest BCUT2D eigenvalue weighted by atomic mass is 10.2. The molecule has 0 radical (unpaired) electrons. The molecule has 1 N–H and O–H groups in total. The fourth-order valence-corrected chi connectivity index (χ4v) is 5.10. The van der Waals surface area contributed by atoms with Gasteiger partial charge in [-0.15, -0.1) is 0 Å². The summed E-state index contributed by atoms with van der Waals surface area (Å²) in [6, 6.07) is 0.179. The maximum absolute atomic E-state index is 12.0. The van der Waals surface area contributed by atoms with Gasteiger partial charge in [0.15, 0.2) is 0 Å². The van der Waals surface area contributed by atoms with Crippen molar-refractivity contribution < 1.29 is 16.8 Å². The summed E-state index contributed by atoms with van der Waals surface area (Å²) in [5, 5.41) is 3.23. The number of hydrogen-bond acceptors (Lipinski definition) is 5. The van der Waals surface area contributed by atoms with Crippen LogP contribution in [0.5, 0.6) is 0 Å². The molecule has 0 amide bonds. The van der Waals surface area contributed by atoms with Crippen molar-refractivity contribution >= 4 is 19.9 Å². The molecule has 0 saturated carbocycles. The van der Waals surface area contributed by atoms with E-state index in [1.54, 1.807) is 0 Å². The highest BCUT2D eigenvalue weighted by molar-refractivity contribution is 7.93. The van der Waals surface area contributed by atoms with Crippen LogP contribution < -0.4 is 5.32 Å². The van der Waals surface area contributed by atoms with Gasteiger partial charge >= 0.3 is 0 Å². The first-order chi connectivity index (χ1) is 7.60. The number of sulfone groups is 1. The molecule has 1 aliphatic heterocycles. The molecule has 0 aromatic carbocycles. The molecule has 2 atom stereocenters. The molecule has 0 bridgehead atoms. The number of piperazine rings is 1. The van der Waals surface area contributed by atoms with Crippen LogP contribution in [0.3, 0.4) is 0 Å². The van der Waals surface area contributed by atoms with Crippen molar-refractivity contribution in [2.75, 3.05) is 30.9 Å². The molecule has 0 aliphatic carbocycles. The molecule has 8 heteroatoms. The van der Waals surface area contributed by atoms with Crippen LogP contribution in [0.15, 0.2) is 0 Å². The van der Waals surface area contributed by atoms with Gasteiger partial charge in [-0.25, -0.2) is 16.8 Å². The fraction of sp³-hybridized carbons (Fsp3) is 1.00.